The van der Waals surface area contributed by atoms with Gasteiger partial charge in [-0.05, 0) is 19.9 Å². The number of aromatic nitrogens is 2. The largest absolute Gasteiger partial charge is 0.356 e. The Morgan fingerprint density at radius 3 is 2.53 bits per heavy atom. The van der Waals surface area contributed by atoms with Crippen LogP contribution >= 0.6 is 0 Å². The molecule has 0 aliphatic rings. The van der Waals surface area contributed by atoms with Crippen LogP contribution in [0.5, 0.6) is 0 Å². The van der Waals surface area contributed by atoms with Crippen LogP contribution in [0.4, 0.5) is 5.82 Å². The summed E-state index contributed by atoms with van der Waals surface area (Å²) in [7, 11) is 0. The Kier molecular flexibility index (Phi) is 6.55. The van der Waals surface area contributed by atoms with E-state index >= 15 is 0 Å². The molecule has 0 aliphatic heterocycles. The Balaban J connectivity index is 2.57. The number of unbranched alkanes of at least 4 members (excludes halogenated alkanes) is 1. The van der Waals surface area contributed by atoms with Crippen LogP contribution in [0.1, 0.15) is 39.3 Å². The van der Waals surface area contributed by atoms with Crippen LogP contribution in [-0.2, 0) is 6.54 Å². The van der Waals surface area contributed by atoms with E-state index in [1.165, 1.54) is 12.8 Å². The van der Waals surface area contributed by atoms with Gasteiger partial charge >= 0.3 is 0 Å². The van der Waals surface area contributed by atoms with E-state index in [0.717, 1.165) is 37.7 Å². The van der Waals surface area contributed by atoms with Crippen LogP contribution in [0, 0.1) is 0 Å². The Hall–Kier alpha value is -1.16. The van der Waals surface area contributed by atoms with Crippen LogP contribution in [0.25, 0.3) is 0 Å². The van der Waals surface area contributed by atoms with Gasteiger partial charge in [-0.3, -0.25) is 4.98 Å². The first-order valence-corrected chi connectivity index (χ1v) is 6.58. The second kappa shape index (κ2) is 8.01. The number of hydrogen-bond donors (Lipinski definition) is 1. The molecule has 1 aromatic heterocycles. The van der Waals surface area contributed by atoms with Crippen molar-refractivity contribution in [3.05, 3.63) is 18.1 Å². The molecule has 0 atom stereocenters. The van der Waals surface area contributed by atoms with E-state index in [0.29, 0.717) is 0 Å². The smallest absolute Gasteiger partial charge is 0.147 e. The molecule has 4 nitrogen and oxygen atoms in total. The second-order valence-electron chi connectivity index (χ2n) is 4.08. The zero-order valence-electron chi connectivity index (χ0n) is 11.2. The zero-order chi connectivity index (χ0) is 12.5. The average Bonchev–Trinajstić information content (AvgIpc) is 2.38. The van der Waals surface area contributed by atoms with Gasteiger partial charge in [0.2, 0.25) is 0 Å². The quantitative estimate of drug-likeness (QED) is 0.751. The summed E-state index contributed by atoms with van der Waals surface area (Å²) in [5.41, 5.74) is 1.00. The van der Waals surface area contributed by atoms with E-state index in [1.54, 1.807) is 0 Å². The molecule has 0 radical (unpaired) electrons. The van der Waals surface area contributed by atoms with Gasteiger partial charge in [-0.2, -0.15) is 0 Å². The SMILES string of the molecule is CCCCN(CC)c1cnc(CNCC)cn1. The lowest BCUT2D eigenvalue weighted by Crippen LogP contribution is -2.25. The first kappa shape index (κ1) is 13.9. The summed E-state index contributed by atoms with van der Waals surface area (Å²) in [5.74, 6) is 0.987. The van der Waals surface area contributed by atoms with E-state index in [9.17, 15) is 0 Å². The zero-order valence-corrected chi connectivity index (χ0v) is 11.2. The van der Waals surface area contributed by atoms with E-state index in [2.05, 4.69) is 41.0 Å². The molecule has 1 N–H and O–H groups in total. The van der Waals surface area contributed by atoms with Crippen molar-refractivity contribution in [3.8, 4) is 0 Å². The molecule has 1 rings (SSSR count). The number of nitrogens with zero attached hydrogens (tertiary/aromatic N) is 3. The van der Waals surface area contributed by atoms with Crippen LogP contribution in [0.15, 0.2) is 12.4 Å². The highest BCUT2D eigenvalue weighted by Crippen LogP contribution is 2.09. The lowest BCUT2D eigenvalue weighted by molar-refractivity contribution is 0.698. The average molecular weight is 236 g/mol. The molecule has 0 aliphatic carbocycles. The first-order valence-electron chi connectivity index (χ1n) is 6.58. The fourth-order valence-corrected chi connectivity index (χ4v) is 1.64. The molecule has 0 aromatic carbocycles. The van der Waals surface area contributed by atoms with E-state index in [1.807, 2.05) is 12.4 Å². The molecular formula is C13H24N4. The van der Waals surface area contributed by atoms with Gasteiger partial charge in [-0.1, -0.05) is 20.3 Å². The molecule has 0 saturated heterocycles. The van der Waals surface area contributed by atoms with Crippen molar-refractivity contribution >= 4 is 5.82 Å². The Bertz CT molecular complexity index is 297. The van der Waals surface area contributed by atoms with Gasteiger partial charge in [-0.25, -0.2) is 4.98 Å². The lowest BCUT2D eigenvalue weighted by Gasteiger charge is -2.21. The van der Waals surface area contributed by atoms with Crippen molar-refractivity contribution in [2.24, 2.45) is 0 Å². The minimum absolute atomic E-state index is 0.796. The van der Waals surface area contributed by atoms with Crippen molar-refractivity contribution < 1.29 is 0 Å². The molecule has 0 amide bonds. The highest BCUT2D eigenvalue weighted by molar-refractivity contribution is 5.35. The van der Waals surface area contributed by atoms with Crippen molar-refractivity contribution in [2.75, 3.05) is 24.5 Å². The Morgan fingerprint density at radius 1 is 1.18 bits per heavy atom. The van der Waals surface area contributed by atoms with Gasteiger partial charge in [0, 0.05) is 19.6 Å². The van der Waals surface area contributed by atoms with Crippen LogP contribution in [0.2, 0.25) is 0 Å². The van der Waals surface area contributed by atoms with Gasteiger partial charge in [0.05, 0.1) is 18.1 Å². The third kappa shape index (κ3) is 4.69. The van der Waals surface area contributed by atoms with Crippen LogP contribution < -0.4 is 10.2 Å². The normalized spacial score (nSPS) is 10.5. The topological polar surface area (TPSA) is 41.1 Å². The van der Waals surface area contributed by atoms with Crippen molar-refractivity contribution in [3.63, 3.8) is 0 Å². The second-order valence-corrected chi connectivity index (χ2v) is 4.08. The lowest BCUT2D eigenvalue weighted by atomic mass is 10.3. The molecule has 96 valence electrons. The van der Waals surface area contributed by atoms with Crippen LogP contribution in [-0.4, -0.2) is 29.6 Å². The van der Waals surface area contributed by atoms with E-state index < -0.39 is 0 Å². The Morgan fingerprint density at radius 2 is 2.00 bits per heavy atom. The summed E-state index contributed by atoms with van der Waals surface area (Å²) in [6.07, 6.45) is 6.16. The number of rotatable bonds is 8. The maximum absolute atomic E-state index is 4.48. The van der Waals surface area contributed by atoms with Gasteiger partial charge in [0.15, 0.2) is 0 Å². The summed E-state index contributed by atoms with van der Waals surface area (Å²) in [6, 6.07) is 0. The summed E-state index contributed by atoms with van der Waals surface area (Å²) in [4.78, 5) is 11.2. The molecule has 17 heavy (non-hydrogen) atoms. The predicted octanol–water partition coefficient (Wildman–Crippen LogP) is 2.21. The minimum Gasteiger partial charge on any atom is -0.356 e. The highest BCUT2D eigenvalue weighted by atomic mass is 15.2. The summed E-state index contributed by atoms with van der Waals surface area (Å²) < 4.78 is 0. The fraction of sp³-hybridized carbons (Fsp3) is 0.692. The maximum Gasteiger partial charge on any atom is 0.147 e. The molecule has 0 unspecified atom stereocenters. The van der Waals surface area contributed by atoms with E-state index in [-0.39, 0.29) is 0 Å². The Labute approximate surface area is 104 Å². The van der Waals surface area contributed by atoms with Gasteiger partial charge in [-0.15, -0.1) is 0 Å². The number of hydrogen-bond acceptors (Lipinski definition) is 4. The summed E-state index contributed by atoms with van der Waals surface area (Å²) >= 11 is 0. The number of nitrogens with one attached hydrogen (secondary N) is 1. The first-order chi connectivity index (χ1) is 8.31. The molecule has 1 heterocycles. The fourth-order valence-electron chi connectivity index (χ4n) is 1.64. The van der Waals surface area contributed by atoms with Gasteiger partial charge < -0.3 is 10.2 Å². The molecule has 0 fully saturated rings. The molecule has 0 saturated carbocycles. The van der Waals surface area contributed by atoms with E-state index in [4.69, 9.17) is 0 Å². The molecule has 0 spiro atoms. The molecule has 0 bridgehead atoms. The molecule has 4 heteroatoms. The minimum atomic E-state index is 0.796. The molecule has 1 aromatic rings. The van der Waals surface area contributed by atoms with Gasteiger partial charge in [0.1, 0.15) is 5.82 Å². The monoisotopic (exact) mass is 236 g/mol. The van der Waals surface area contributed by atoms with Gasteiger partial charge in [0.25, 0.3) is 0 Å². The number of anilines is 1. The standard InChI is InChI=1S/C13H24N4/c1-4-7-8-17(6-3)13-11-15-12(10-16-13)9-14-5-2/h10-11,14H,4-9H2,1-3H3. The maximum atomic E-state index is 4.48. The third-order valence-corrected chi connectivity index (χ3v) is 2.74. The van der Waals surface area contributed by atoms with Crippen molar-refractivity contribution in [1.29, 1.82) is 0 Å². The highest BCUT2D eigenvalue weighted by Gasteiger charge is 2.05. The third-order valence-electron chi connectivity index (χ3n) is 2.74. The van der Waals surface area contributed by atoms with Crippen LogP contribution in [0.3, 0.4) is 0 Å². The summed E-state index contributed by atoms with van der Waals surface area (Å²) in [5, 5.41) is 3.25. The van der Waals surface area contributed by atoms with Crippen molar-refractivity contribution in [2.45, 2.75) is 40.2 Å². The molecular weight excluding hydrogens is 212 g/mol. The van der Waals surface area contributed by atoms with Crippen molar-refractivity contribution in [1.82, 2.24) is 15.3 Å². The summed E-state index contributed by atoms with van der Waals surface area (Å²) in [6.45, 7) is 10.3. The predicted molar refractivity (Wildman–Crippen MR) is 72.2 cm³/mol.